The molecule has 0 spiro atoms. The van der Waals surface area contributed by atoms with Gasteiger partial charge in [-0.2, -0.15) is 0 Å². The van der Waals surface area contributed by atoms with E-state index >= 15 is 0 Å². The lowest BCUT2D eigenvalue weighted by Gasteiger charge is -2.56. The number of benzene rings is 1. The SMILES string of the molecule is CCC[C@H]1[C@H]2C[C@H](CN(C(=O)Cc3cccc(F)c3F)C2)[C@@H]2CCCC(=O)N21. The minimum Gasteiger partial charge on any atom is -0.342 e. The number of likely N-dealkylation sites (tertiary alicyclic amines) is 1. The van der Waals surface area contributed by atoms with Gasteiger partial charge >= 0.3 is 0 Å². The number of carbonyl (C=O) groups is 2. The van der Waals surface area contributed by atoms with E-state index in [0.29, 0.717) is 19.5 Å². The number of rotatable bonds is 4. The van der Waals surface area contributed by atoms with Crippen LogP contribution in [-0.4, -0.2) is 46.8 Å². The molecule has 4 atom stereocenters. The van der Waals surface area contributed by atoms with Gasteiger partial charge in [-0.1, -0.05) is 25.5 Å². The molecule has 0 N–H and O–H groups in total. The molecular weight excluding hydrogens is 362 g/mol. The Morgan fingerprint density at radius 3 is 2.79 bits per heavy atom. The first-order valence-electron chi connectivity index (χ1n) is 10.5. The first-order valence-corrected chi connectivity index (χ1v) is 10.5. The van der Waals surface area contributed by atoms with Gasteiger partial charge < -0.3 is 9.80 Å². The first kappa shape index (κ1) is 19.3. The molecule has 3 saturated heterocycles. The highest BCUT2D eigenvalue weighted by molar-refractivity contribution is 5.80. The average molecular weight is 390 g/mol. The molecule has 6 heteroatoms. The Bertz CT molecular complexity index is 769. The van der Waals surface area contributed by atoms with Crippen LogP contribution in [0, 0.1) is 23.5 Å². The monoisotopic (exact) mass is 390 g/mol. The number of fused-ring (bicyclic) bond motifs is 4. The molecule has 0 aromatic heterocycles. The summed E-state index contributed by atoms with van der Waals surface area (Å²) in [7, 11) is 0. The molecule has 3 aliphatic rings. The zero-order valence-corrected chi connectivity index (χ0v) is 16.4. The quantitative estimate of drug-likeness (QED) is 0.789. The fourth-order valence-corrected chi connectivity index (χ4v) is 5.61. The van der Waals surface area contributed by atoms with Gasteiger partial charge in [-0.3, -0.25) is 9.59 Å². The van der Waals surface area contributed by atoms with Crippen molar-refractivity contribution in [2.45, 2.75) is 64.0 Å². The number of hydrogen-bond acceptors (Lipinski definition) is 2. The summed E-state index contributed by atoms with van der Waals surface area (Å²) in [6, 6.07) is 4.40. The molecule has 2 amide bonds. The summed E-state index contributed by atoms with van der Waals surface area (Å²) in [5, 5.41) is 0. The molecule has 0 aliphatic carbocycles. The Hall–Kier alpha value is -1.98. The molecule has 3 aliphatic heterocycles. The van der Waals surface area contributed by atoms with Gasteiger partial charge in [0.15, 0.2) is 11.6 Å². The smallest absolute Gasteiger partial charge is 0.227 e. The summed E-state index contributed by atoms with van der Waals surface area (Å²) in [5.74, 6) is -1.16. The van der Waals surface area contributed by atoms with Crippen LogP contribution in [0.15, 0.2) is 18.2 Å². The van der Waals surface area contributed by atoms with Crippen LogP contribution in [0.2, 0.25) is 0 Å². The van der Waals surface area contributed by atoms with E-state index < -0.39 is 11.6 Å². The second-order valence-corrected chi connectivity index (χ2v) is 8.56. The fourth-order valence-electron chi connectivity index (χ4n) is 5.61. The Kier molecular flexibility index (Phi) is 5.39. The number of piperidine rings is 3. The summed E-state index contributed by atoms with van der Waals surface area (Å²) in [6.07, 6.45) is 5.46. The van der Waals surface area contributed by atoms with E-state index in [2.05, 4.69) is 11.8 Å². The molecule has 3 fully saturated rings. The average Bonchev–Trinajstić information content (AvgIpc) is 2.68. The largest absolute Gasteiger partial charge is 0.342 e. The van der Waals surface area contributed by atoms with Crippen LogP contribution in [0.25, 0.3) is 0 Å². The highest BCUT2D eigenvalue weighted by Crippen LogP contribution is 2.43. The minimum atomic E-state index is -0.930. The molecule has 28 heavy (non-hydrogen) atoms. The highest BCUT2D eigenvalue weighted by atomic mass is 19.2. The maximum atomic E-state index is 14.0. The summed E-state index contributed by atoms with van der Waals surface area (Å²) in [5.41, 5.74) is 0.111. The van der Waals surface area contributed by atoms with E-state index in [4.69, 9.17) is 0 Å². The molecule has 3 heterocycles. The lowest BCUT2D eigenvalue weighted by Crippen LogP contribution is -2.65. The van der Waals surface area contributed by atoms with Crippen molar-refractivity contribution in [1.29, 1.82) is 0 Å². The molecule has 1 aromatic carbocycles. The highest BCUT2D eigenvalue weighted by Gasteiger charge is 2.49. The van der Waals surface area contributed by atoms with E-state index in [1.807, 2.05) is 4.90 Å². The third-order valence-corrected chi connectivity index (χ3v) is 6.81. The van der Waals surface area contributed by atoms with Crippen molar-refractivity contribution in [1.82, 2.24) is 9.80 Å². The van der Waals surface area contributed by atoms with Gasteiger partial charge in [0, 0.05) is 37.2 Å². The predicted molar refractivity (Wildman–Crippen MR) is 101 cm³/mol. The normalized spacial score (nSPS) is 29.6. The van der Waals surface area contributed by atoms with Crippen molar-refractivity contribution in [3.05, 3.63) is 35.4 Å². The van der Waals surface area contributed by atoms with Gasteiger partial charge in [0.1, 0.15) is 0 Å². The summed E-state index contributed by atoms with van der Waals surface area (Å²) >= 11 is 0. The van der Waals surface area contributed by atoms with Crippen molar-refractivity contribution >= 4 is 11.8 Å². The fraction of sp³-hybridized carbons (Fsp3) is 0.636. The van der Waals surface area contributed by atoms with Crippen molar-refractivity contribution in [2.75, 3.05) is 13.1 Å². The predicted octanol–water partition coefficient (Wildman–Crippen LogP) is 3.54. The Balaban J connectivity index is 1.53. The van der Waals surface area contributed by atoms with Gasteiger partial charge in [0.2, 0.25) is 11.8 Å². The standard InChI is InChI=1S/C22H28F2N2O2/c1-2-5-18-15-10-16(19-8-4-9-20(27)26(18)19)13-25(12-15)21(28)11-14-6-3-7-17(23)22(14)24/h3,6-7,15-16,18-19H,2,4-5,8-13H2,1H3/t15-,16+,18-,19-/m0/s1. The topological polar surface area (TPSA) is 40.6 Å². The Morgan fingerprint density at radius 2 is 2.00 bits per heavy atom. The van der Waals surface area contributed by atoms with Gasteiger partial charge in [-0.05, 0) is 43.6 Å². The van der Waals surface area contributed by atoms with Crippen molar-refractivity contribution < 1.29 is 18.4 Å². The molecular formula is C22H28F2N2O2. The third-order valence-electron chi connectivity index (χ3n) is 6.81. The summed E-state index contributed by atoms with van der Waals surface area (Å²) < 4.78 is 27.5. The molecule has 0 unspecified atom stereocenters. The van der Waals surface area contributed by atoms with Gasteiger partial charge in [0.05, 0.1) is 6.42 Å². The van der Waals surface area contributed by atoms with Crippen molar-refractivity contribution in [2.24, 2.45) is 11.8 Å². The van der Waals surface area contributed by atoms with E-state index in [-0.39, 0.29) is 47.7 Å². The zero-order chi connectivity index (χ0) is 19.8. The summed E-state index contributed by atoms with van der Waals surface area (Å²) in [6.45, 7) is 3.35. The number of hydrogen-bond donors (Lipinski definition) is 0. The van der Waals surface area contributed by atoms with Gasteiger partial charge in [-0.25, -0.2) is 8.78 Å². The second kappa shape index (κ2) is 7.80. The minimum absolute atomic E-state index is 0.111. The molecule has 1 aromatic rings. The first-order chi connectivity index (χ1) is 13.5. The molecule has 0 radical (unpaired) electrons. The van der Waals surface area contributed by atoms with Crippen molar-refractivity contribution in [3.8, 4) is 0 Å². The number of carbonyl (C=O) groups excluding carboxylic acids is 2. The lowest BCUT2D eigenvalue weighted by molar-refractivity contribution is -0.156. The van der Waals surface area contributed by atoms with E-state index in [9.17, 15) is 18.4 Å². The Morgan fingerprint density at radius 1 is 1.21 bits per heavy atom. The number of amides is 2. The van der Waals surface area contributed by atoms with Gasteiger partial charge in [0.25, 0.3) is 0 Å². The van der Waals surface area contributed by atoms with E-state index in [1.165, 1.54) is 12.1 Å². The van der Waals surface area contributed by atoms with E-state index in [1.54, 1.807) is 0 Å². The van der Waals surface area contributed by atoms with Crippen LogP contribution in [0.4, 0.5) is 8.78 Å². The van der Waals surface area contributed by atoms with Crippen LogP contribution >= 0.6 is 0 Å². The van der Waals surface area contributed by atoms with Crippen LogP contribution in [0.3, 0.4) is 0 Å². The Labute approximate surface area is 164 Å². The zero-order valence-electron chi connectivity index (χ0n) is 16.4. The summed E-state index contributed by atoms with van der Waals surface area (Å²) in [4.78, 5) is 29.5. The molecule has 2 bridgehead atoms. The maximum absolute atomic E-state index is 14.0. The molecule has 4 rings (SSSR count). The number of nitrogens with zero attached hydrogens (tertiary/aromatic N) is 2. The molecule has 4 nitrogen and oxygen atoms in total. The maximum Gasteiger partial charge on any atom is 0.227 e. The second-order valence-electron chi connectivity index (χ2n) is 8.56. The lowest BCUT2D eigenvalue weighted by atomic mass is 9.71. The van der Waals surface area contributed by atoms with Crippen molar-refractivity contribution in [3.63, 3.8) is 0 Å². The van der Waals surface area contributed by atoms with Gasteiger partial charge in [-0.15, -0.1) is 0 Å². The van der Waals surface area contributed by atoms with Crippen LogP contribution < -0.4 is 0 Å². The van der Waals surface area contributed by atoms with Crippen LogP contribution in [0.5, 0.6) is 0 Å². The molecule has 152 valence electrons. The number of halogens is 2. The van der Waals surface area contributed by atoms with Crippen LogP contribution in [-0.2, 0) is 16.0 Å². The third kappa shape index (κ3) is 3.42. The molecule has 0 saturated carbocycles. The van der Waals surface area contributed by atoms with Crippen LogP contribution in [0.1, 0.15) is 51.0 Å². The van der Waals surface area contributed by atoms with E-state index in [0.717, 1.165) is 38.2 Å².